The van der Waals surface area contributed by atoms with Crippen LogP contribution in [-0.4, -0.2) is 9.97 Å². The van der Waals surface area contributed by atoms with E-state index in [9.17, 15) is 0 Å². The number of hydrazine groups is 1. The summed E-state index contributed by atoms with van der Waals surface area (Å²) in [6.45, 7) is 1.93. The normalized spacial score (nSPS) is 10.2. The number of nitrogen functional groups attached to an aromatic ring is 2. The summed E-state index contributed by atoms with van der Waals surface area (Å²) in [5.41, 5.74) is 8.92. The summed E-state index contributed by atoms with van der Waals surface area (Å²) in [6, 6.07) is 6.96. The predicted octanol–water partition coefficient (Wildman–Crippen LogP) is 2.10. The molecule has 7 heteroatoms. The molecule has 2 rings (SSSR count). The molecule has 1 aromatic heterocycles. The van der Waals surface area contributed by atoms with Gasteiger partial charge in [0.1, 0.15) is 11.6 Å². The molecular formula is C11H12ClN5O. The van der Waals surface area contributed by atoms with Gasteiger partial charge in [0.15, 0.2) is 0 Å². The van der Waals surface area contributed by atoms with Crippen LogP contribution in [0.3, 0.4) is 0 Å². The number of nitrogens with zero attached hydrogens (tertiary/aromatic N) is 2. The Kier molecular flexibility index (Phi) is 3.50. The third-order valence-electron chi connectivity index (χ3n) is 2.17. The second-order valence-electron chi connectivity index (χ2n) is 3.63. The highest BCUT2D eigenvalue weighted by molar-refractivity contribution is 6.32. The second kappa shape index (κ2) is 5.07. The molecule has 1 heterocycles. The first kappa shape index (κ1) is 12.4. The molecule has 0 amide bonds. The number of hydrogen-bond acceptors (Lipinski definition) is 6. The molecule has 0 radical (unpaired) electrons. The molecule has 0 saturated heterocycles. The summed E-state index contributed by atoms with van der Waals surface area (Å²) < 4.78 is 5.55. The van der Waals surface area contributed by atoms with Crippen LogP contribution in [0, 0.1) is 6.92 Å². The largest absolute Gasteiger partial charge is 0.437 e. The van der Waals surface area contributed by atoms with E-state index in [0.29, 0.717) is 16.6 Å². The molecule has 0 atom stereocenters. The zero-order valence-electron chi connectivity index (χ0n) is 9.64. The minimum Gasteiger partial charge on any atom is -0.437 e. The fraction of sp³-hybridized carbons (Fsp3) is 0.0909. The lowest BCUT2D eigenvalue weighted by Crippen LogP contribution is -2.10. The van der Waals surface area contributed by atoms with E-state index >= 15 is 0 Å². The fourth-order valence-electron chi connectivity index (χ4n) is 1.37. The first-order valence-electron chi connectivity index (χ1n) is 5.13. The Bertz CT molecular complexity index is 575. The molecular weight excluding hydrogens is 254 g/mol. The molecule has 0 unspecified atom stereocenters. The Morgan fingerprint density at radius 1 is 1.28 bits per heavy atom. The van der Waals surface area contributed by atoms with E-state index in [0.717, 1.165) is 5.56 Å². The van der Waals surface area contributed by atoms with E-state index in [2.05, 4.69) is 15.4 Å². The van der Waals surface area contributed by atoms with Crippen LogP contribution in [0.5, 0.6) is 11.6 Å². The van der Waals surface area contributed by atoms with E-state index in [1.165, 1.54) is 6.07 Å². The van der Waals surface area contributed by atoms with Crippen LogP contribution in [0.25, 0.3) is 0 Å². The van der Waals surface area contributed by atoms with Gasteiger partial charge in [0.2, 0.25) is 11.8 Å². The molecule has 0 bridgehead atoms. The number of halogens is 1. The molecule has 5 N–H and O–H groups in total. The fourth-order valence-corrected chi connectivity index (χ4v) is 1.53. The molecule has 1 aromatic carbocycles. The third-order valence-corrected chi connectivity index (χ3v) is 2.48. The Morgan fingerprint density at radius 3 is 2.78 bits per heavy atom. The second-order valence-corrected chi connectivity index (χ2v) is 4.04. The third kappa shape index (κ3) is 2.79. The van der Waals surface area contributed by atoms with Gasteiger partial charge in [0.05, 0.1) is 5.02 Å². The van der Waals surface area contributed by atoms with Crippen molar-refractivity contribution in [1.82, 2.24) is 9.97 Å². The van der Waals surface area contributed by atoms with Crippen molar-refractivity contribution in [2.24, 2.45) is 5.84 Å². The number of anilines is 2. The van der Waals surface area contributed by atoms with Crippen LogP contribution in [-0.2, 0) is 0 Å². The number of nitrogens with one attached hydrogen (secondary N) is 1. The smallest absolute Gasteiger partial charge is 0.226 e. The molecule has 18 heavy (non-hydrogen) atoms. The lowest BCUT2D eigenvalue weighted by molar-refractivity contribution is 0.463. The van der Waals surface area contributed by atoms with Gasteiger partial charge in [-0.1, -0.05) is 17.7 Å². The Morgan fingerprint density at radius 2 is 2.06 bits per heavy atom. The molecule has 94 valence electrons. The maximum Gasteiger partial charge on any atom is 0.226 e. The van der Waals surface area contributed by atoms with Crippen molar-refractivity contribution in [2.45, 2.75) is 6.92 Å². The standard InChI is InChI=1S/C11H12ClN5O/c1-6-2-3-7(12)8(4-6)18-10-5-9(17-14)15-11(13)16-10/h2-5H,14H2,1H3,(H3,13,15,16,17). The monoisotopic (exact) mass is 265 g/mol. The molecule has 0 aliphatic heterocycles. The molecule has 0 saturated carbocycles. The SMILES string of the molecule is Cc1ccc(Cl)c(Oc2cc(NN)nc(N)n2)c1. The average Bonchev–Trinajstić information content (AvgIpc) is 2.33. The van der Waals surface area contributed by atoms with Crippen molar-refractivity contribution in [3.8, 4) is 11.6 Å². The molecule has 0 aliphatic carbocycles. The van der Waals surface area contributed by atoms with Gasteiger partial charge >= 0.3 is 0 Å². The molecule has 0 fully saturated rings. The lowest BCUT2D eigenvalue weighted by Gasteiger charge is -2.09. The summed E-state index contributed by atoms with van der Waals surface area (Å²) in [5.74, 6) is 6.44. The number of hydrogen-bond donors (Lipinski definition) is 3. The summed E-state index contributed by atoms with van der Waals surface area (Å²) in [6.07, 6.45) is 0. The van der Waals surface area contributed by atoms with Crippen molar-refractivity contribution >= 4 is 23.4 Å². The lowest BCUT2D eigenvalue weighted by atomic mass is 10.2. The number of ether oxygens (including phenoxy) is 1. The molecule has 0 aliphatic rings. The van der Waals surface area contributed by atoms with Crippen molar-refractivity contribution in [2.75, 3.05) is 11.2 Å². The average molecular weight is 266 g/mol. The van der Waals surface area contributed by atoms with E-state index in [-0.39, 0.29) is 11.8 Å². The van der Waals surface area contributed by atoms with Crippen LogP contribution in [0.15, 0.2) is 24.3 Å². The van der Waals surface area contributed by atoms with Crippen LogP contribution >= 0.6 is 11.6 Å². The molecule has 6 nitrogen and oxygen atoms in total. The maximum absolute atomic E-state index is 6.02. The maximum atomic E-state index is 6.02. The van der Waals surface area contributed by atoms with E-state index < -0.39 is 0 Å². The van der Waals surface area contributed by atoms with E-state index in [1.807, 2.05) is 13.0 Å². The van der Waals surface area contributed by atoms with Crippen molar-refractivity contribution < 1.29 is 4.74 Å². The molecule has 2 aromatic rings. The van der Waals surface area contributed by atoms with Gasteiger partial charge in [-0.3, -0.25) is 0 Å². The summed E-state index contributed by atoms with van der Waals surface area (Å²) in [4.78, 5) is 7.79. The van der Waals surface area contributed by atoms with Crippen LogP contribution in [0.1, 0.15) is 5.56 Å². The van der Waals surface area contributed by atoms with Gasteiger partial charge < -0.3 is 15.9 Å². The highest BCUT2D eigenvalue weighted by Gasteiger charge is 2.07. The van der Waals surface area contributed by atoms with Crippen molar-refractivity contribution in [3.63, 3.8) is 0 Å². The summed E-state index contributed by atoms with van der Waals surface area (Å²) >= 11 is 6.02. The van der Waals surface area contributed by atoms with Gasteiger partial charge in [0, 0.05) is 6.07 Å². The summed E-state index contributed by atoms with van der Waals surface area (Å²) in [7, 11) is 0. The number of benzene rings is 1. The van der Waals surface area contributed by atoms with Crippen molar-refractivity contribution in [3.05, 3.63) is 34.9 Å². The first-order valence-corrected chi connectivity index (χ1v) is 5.51. The van der Waals surface area contributed by atoms with Gasteiger partial charge in [-0.25, -0.2) is 5.84 Å². The number of aromatic nitrogens is 2. The summed E-state index contributed by atoms with van der Waals surface area (Å²) in [5, 5.41) is 0.486. The highest BCUT2D eigenvalue weighted by Crippen LogP contribution is 2.30. The topological polar surface area (TPSA) is 99.1 Å². The van der Waals surface area contributed by atoms with Crippen LogP contribution in [0.2, 0.25) is 5.02 Å². The van der Waals surface area contributed by atoms with Gasteiger partial charge in [0.25, 0.3) is 0 Å². The van der Waals surface area contributed by atoms with E-state index in [4.69, 9.17) is 27.9 Å². The van der Waals surface area contributed by atoms with Crippen LogP contribution in [0.4, 0.5) is 11.8 Å². The Labute approximate surface area is 109 Å². The van der Waals surface area contributed by atoms with Gasteiger partial charge in [-0.05, 0) is 24.6 Å². The minimum atomic E-state index is 0.0595. The Balaban J connectivity index is 2.33. The quantitative estimate of drug-likeness (QED) is 0.581. The number of rotatable bonds is 3. The number of nitrogens with two attached hydrogens (primary N) is 2. The van der Waals surface area contributed by atoms with Gasteiger partial charge in [-0.15, -0.1) is 0 Å². The highest BCUT2D eigenvalue weighted by atomic mass is 35.5. The minimum absolute atomic E-state index is 0.0595. The van der Waals surface area contributed by atoms with Crippen LogP contribution < -0.4 is 21.7 Å². The zero-order valence-corrected chi connectivity index (χ0v) is 10.4. The Hall–Kier alpha value is -2.05. The molecule has 0 spiro atoms. The zero-order chi connectivity index (χ0) is 13.1. The predicted molar refractivity (Wildman–Crippen MR) is 70.5 cm³/mol. The first-order chi connectivity index (χ1) is 8.58. The van der Waals surface area contributed by atoms with Gasteiger partial charge in [-0.2, -0.15) is 9.97 Å². The van der Waals surface area contributed by atoms with E-state index in [1.54, 1.807) is 12.1 Å². The number of aryl methyl sites for hydroxylation is 1. The van der Waals surface area contributed by atoms with Crippen molar-refractivity contribution in [1.29, 1.82) is 0 Å².